The van der Waals surface area contributed by atoms with E-state index in [9.17, 15) is 13.6 Å². The van der Waals surface area contributed by atoms with Gasteiger partial charge in [-0.2, -0.15) is 0 Å². The molecule has 1 aromatic carbocycles. The number of nitrogens with two attached hydrogens (primary N) is 1. The molecule has 1 saturated carbocycles. The number of benzene rings is 1. The highest BCUT2D eigenvalue weighted by molar-refractivity contribution is 7.15. The number of pyridine rings is 1. The Kier molecular flexibility index (Phi) is 7.90. The van der Waals surface area contributed by atoms with E-state index < -0.39 is 18.0 Å². The van der Waals surface area contributed by atoms with Crippen LogP contribution in [-0.2, 0) is 4.74 Å². The van der Waals surface area contributed by atoms with Gasteiger partial charge in [0, 0.05) is 35.0 Å². The number of rotatable bonds is 8. The molecule has 0 bridgehead atoms. The summed E-state index contributed by atoms with van der Waals surface area (Å²) in [6.45, 7) is 1.06. The molecule has 2 aromatic heterocycles. The molecule has 9 nitrogen and oxygen atoms in total. The van der Waals surface area contributed by atoms with Crippen LogP contribution < -0.4 is 15.8 Å². The van der Waals surface area contributed by atoms with Crippen molar-refractivity contribution in [2.24, 2.45) is 16.6 Å². The Bertz CT molecular complexity index is 1500. The third-order valence-electron chi connectivity index (χ3n) is 6.05. The highest BCUT2D eigenvalue weighted by Gasteiger charge is 2.22. The second-order valence-corrected chi connectivity index (χ2v) is 9.85. The van der Waals surface area contributed by atoms with Gasteiger partial charge in [0.2, 0.25) is 5.13 Å². The number of allylic oxidation sites excluding steroid dienone is 1. The molecule has 1 aliphatic carbocycles. The topological polar surface area (TPSA) is 125 Å². The summed E-state index contributed by atoms with van der Waals surface area (Å²) in [6.07, 6.45) is 3.58. The lowest BCUT2D eigenvalue weighted by molar-refractivity contribution is 0.0136. The smallest absolute Gasteiger partial charge is 0.280 e. The van der Waals surface area contributed by atoms with E-state index >= 15 is 0 Å². The van der Waals surface area contributed by atoms with E-state index in [0.29, 0.717) is 40.8 Å². The lowest BCUT2D eigenvalue weighted by Gasteiger charge is -2.21. The zero-order valence-electron chi connectivity index (χ0n) is 20.9. The fourth-order valence-electron chi connectivity index (χ4n) is 3.69. The van der Waals surface area contributed by atoms with Crippen molar-refractivity contribution in [1.29, 1.82) is 0 Å². The van der Waals surface area contributed by atoms with Crippen molar-refractivity contribution in [3.8, 4) is 28.7 Å². The summed E-state index contributed by atoms with van der Waals surface area (Å²) in [6, 6.07) is 6.22. The van der Waals surface area contributed by atoms with Crippen LogP contribution in [0.15, 0.2) is 41.7 Å². The third-order valence-corrected chi connectivity index (χ3v) is 6.80. The molecule has 0 radical (unpaired) electrons. The van der Waals surface area contributed by atoms with Crippen LogP contribution in [0.4, 0.5) is 13.9 Å². The second-order valence-electron chi connectivity index (χ2n) is 8.87. The first-order chi connectivity index (χ1) is 18.9. The van der Waals surface area contributed by atoms with E-state index in [2.05, 4.69) is 37.3 Å². The first-order valence-corrected chi connectivity index (χ1v) is 12.9. The van der Waals surface area contributed by atoms with Gasteiger partial charge in [-0.3, -0.25) is 20.1 Å². The van der Waals surface area contributed by atoms with Crippen LogP contribution in [-0.4, -0.2) is 53.7 Å². The van der Waals surface area contributed by atoms with Gasteiger partial charge < -0.3 is 15.2 Å². The lowest BCUT2D eigenvalue weighted by atomic mass is 9.94. The number of carbonyl (C=O) groups is 1. The second kappa shape index (κ2) is 11.7. The molecule has 2 fully saturated rings. The molecule has 1 saturated heterocycles. The van der Waals surface area contributed by atoms with Crippen LogP contribution in [0.1, 0.15) is 45.9 Å². The normalized spacial score (nSPS) is 15.6. The minimum Gasteiger partial charge on any atom is -0.494 e. The zero-order valence-corrected chi connectivity index (χ0v) is 21.7. The van der Waals surface area contributed by atoms with Crippen molar-refractivity contribution < 1.29 is 23.0 Å². The predicted octanol–water partition coefficient (Wildman–Crippen LogP) is 4.33. The minimum absolute atomic E-state index is 0.0455. The Morgan fingerprint density at radius 1 is 1.28 bits per heavy atom. The van der Waals surface area contributed by atoms with Gasteiger partial charge in [-0.1, -0.05) is 23.3 Å². The zero-order chi connectivity index (χ0) is 27.4. The van der Waals surface area contributed by atoms with Crippen molar-refractivity contribution in [2.75, 3.05) is 25.6 Å². The number of alkyl halides is 2. The van der Waals surface area contributed by atoms with Gasteiger partial charge in [-0.25, -0.2) is 8.78 Å². The molecule has 3 aromatic rings. The number of carbonyl (C=O) groups excluding carboxylic acids is 1. The summed E-state index contributed by atoms with van der Waals surface area (Å²) in [5.41, 5.74) is 7.45. The Labute approximate surface area is 227 Å². The number of anilines is 1. The third kappa shape index (κ3) is 6.27. The van der Waals surface area contributed by atoms with Gasteiger partial charge in [0.05, 0.1) is 32.6 Å². The average molecular weight is 551 g/mol. The van der Waals surface area contributed by atoms with E-state index in [4.69, 9.17) is 15.2 Å². The molecule has 2 aliphatic rings. The maximum absolute atomic E-state index is 13.6. The lowest BCUT2D eigenvalue weighted by Crippen LogP contribution is -2.31. The summed E-state index contributed by atoms with van der Waals surface area (Å²) in [7, 11) is 1.40. The molecule has 0 unspecified atom stereocenters. The van der Waals surface area contributed by atoms with Crippen LogP contribution in [0.25, 0.3) is 16.7 Å². The van der Waals surface area contributed by atoms with Crippen LogP contribution in [0.3, 0.4) is 0 Å². The Hall–Kier alpha value is -4.21. The number of aliphatic imine (C=N–C) groups is 1. The molecule has 0 atom stereocenters. The van der Waals surface area contributed by atoms with Crippen LogP contribution in [0.5, 0.6) is 5.75 Å². The number of hydrogen-bond donors (Lipinski definition) is 2. The number of aromatic nitrogens is 3. The fraction of sp³-hybridized carbons (Fsp3) is 0.296. The van der Waals surface area contributed by atoms with E-state index in [1.54, 1.807) is 24.4 Å². The van der Waals surface area contributed by atoms with Gasteiger partial charge in [0.1, 0.15) is 11.4 Å². The molecule has 12 heteroatoms. The molecule has 3 N–H and O–H groups in total. The van der Waals surface area contributed by atoms with Crippen molar-refractivity contribution >= 4 is 34.2 Å². The molecular formula is C27H24F2N6O3S. The summed E-state index contributed by atoms with van der Waals surface area (Å²) >= 11 is 1.15. The van der Waals surface area contributed by atoms with Crippen LogP contribution in [0.2, 0.25) is 0 Å². The average Bonchev–Trinajstić information content (AvgIpc) is 3.65. The molecule has 200 valence electrons. The molecular weight excluding hydrogens is 526 g/mol. The van der Waals surface area contributed by atoms with E-state index in [1.165, 1.54) is 25.6 Å². The summed E-state index contributed by atoms with van der Waals surface area (Å²) < 4.78 is 37.7. The monoisotopic (exact) mass is 550 g/mol. The molecule has 1 aliphatic heterocycles. The number of nitrogens with one attached hydrogen (secondary N) is 1. The van der Waals surface area contributed by atoms with Gasteiger partial charge in [0.25, 0.3) is 12.3 Å². The molecule has 0 spiro atoms. The molecule has 3 heterocycles. The largest absolute Gasteiger partial charge is 0.494 e. The number of amides is 1. The molecule has 39 heavy (non-hydrogen) atoms. The standard InChI is InChI=1S/C27H24F2N6O3S/c1-37-23-12-32-22(25(28)29)9-21(23)20-8-16(17(10-30)11-31-18-13-38-14-18)5-6-19(20)26(36)33-27-35-34-24(39-27)7-4-15-2-3-15/h5-6,8-12,15,18,25H,2-3,13-14,30H2,1H3,(H,33,35,36). The van der Waals surface area contributed by atoms with Gasteiger partial charge in [-0.15, -0.1) is 10.2 Å². The first-order valence-electron chi connectivity index (χ1n) is 12.1. The Morgan fingerprint density at radius 2 is 2.10 bits per heavy atom. The Balaban J connectivity index is 1.52. The van der Waals surface area contributed by atoms with Crippen LogP contribution in [0, 0.1) is 17.8 Å². The summed E-state index contributed by atoms with van der Waals surface area (Å²) in [5.74, 6) is 6.20. The number of ether oxygens (including phenoxy) is 2. The SMILES string of the molecule is COc1cnc(C(F)F)cc1-c1cc(C(C=NC2COC2)=CN)ccc1C(=O)Nc1nnc(C#CC2CC2)s1. The van der Waals surface area contributed by atoms with E-state index in [-0.39, 0.29) is 28.0 Å². The van der Waals surface area contributed by atoms with Crippen molar-refractivity contribution in [3.63, 3.8) is 0 Å². The molecule has 5 rings (SSSR count). The highest BCUT2D eigenvalue weighted by Crippen LogP contribution is 2.36. The number of methoxy groups -OCH3 is 1. The van der Waals surface area contributed by atoms with Gasteiger partial charge >= 0.3 is 0 Å². The van der Waals surface area contributed by atoms with Crippen molar-refractivity contribution in [3.05, 3.63) is 58.5 Å². The predicted molar refractivity (Wildman–Crippen MR) is 144 cm³/mol. The first kappa shape index (κ1) is 26.4. The van der Waals surface area contributed by atoms with E-state index in [1.807, 2.05) is 0 Å². The van der Waals surface area contributed by atoms with Crippen LogP contribution >= 0.6 is 11.3 Å². The van der Waals surface area contributed by atoms with Crippen molar-refractivity contribution in [2.45, 2.75) is 25.3 Å². The summed E-state index contributed by atoms with van der Waals surface area (Å²) in [5, 5.41) is 11.5. The van der Waals surface area contributed by atoms with Gasteiger partial charge in [-0.05, 0) is 48.1 Å². The quantitative estimate of drug-likeness (QED) is 0.316. The highest BCUT2D eigenvalue weighted by atomic mass is 32.1. The maximum Gasteiger partial charge on any atom is 0.280 e. The fourth-order valence-corrected chi connectivity index (χ4v) is 4.29. The Morgan fingerprint density at radius 3 is 2.77 bits per heavy atom. The molecule has 1 amide bonds. The van der Waals surface area contributed by atoms with Gasteiger partial charge in [0.15, 0.2) is 5.01 Å². The number of nitrogens with zero attached hydrogens (tertiary/aromatic N) is 4. The minimum atomic E-state index is -2.82. The number of hydrogen-bond acceptors (Lipinski definition) is 9. The number of halogens is 2. The van der Waals surface area contributed by atoms with Crippen molar-refractivity contribution in [1.82, 2.24) is 15.2 Å². The maximum atomic E-state index is 13.6. The summed E-state index contributed by atoms with van der Waals surface area (Å²) in [4.78, 5) is 21.7. The van der Waals surface area contributed by atoms with E-state index in [0.717, 1.165) is 24.2 Å².